The molecule has 0 saturated carbocycles. The van der Waals surface area contributed by atoms with E-state index in [0.717, 1.165) is 4.47 Å². The van der Waals surface area contributed by atoms with Crippen LogP contribution >= 0.6 is 15.9 Å². The first-order valence-electron chi connectivity index (χ1n) is 5.61. The number of ether oxygens (including phenoxy) is 1. The van der Waals surface area contributed by atoms with Gasteiger partial charge in [0.05, 0.1) is 13.5 Å². The highest BCUT2D eigenvalue weighted by Crippen LogP contribution is 2.18. The molecule has 17 heavy (non-hydrogen) atoms. The summed E-state index contributed by atoms with van der Waals surface area (Å²) in [4.78, 5) is 11.1. The molecule has 0 heterocycles. The third-order valence-corrected chi connectivity index (χ3v) is 3.08. The summed E-state index contributed by atoms with van der Waals surface area (Å²) in [6, 6.07) is 8.43. The van der Waals surface area contributed by atoms with Crippen molar-refractivity contribution in [2.75, 3.05) is 7.11 Å². The Morgan fingerprint density at radius 3 is 2.76 bits per heavy atom. The van der Waals surface area contributed by atoms with E-state index in [2.05, 4.69) is 45.0 Å². The molecule has 1 N–H and O–H groups in total. The van der Waals surface area contributed by atoms with E-state index < -0.39 is 0 Å². The predicted molar refractivity (Wildman–Crippen MR) is 71.8 cm³/mol. The number of hydrogen-bond acceptors (Lipinski definition) is 3. The molecule has 1 rings (SSSR count). The van der Waals surface area contributed by atoms with Crippen molar-refractivity contribution in [3.8, 4) is 0 Å². The number of esters is 1. The number of carbonyl (C=O) groups is 1. The summed E-state index contributed by atoms with van der Waals surface area (Å²) < 4.78 is 5.70. The van der Waals surface area contributed by atoms with Gasteiger partial charge in [-0.25, -0.2) is 0 Å². The van der Waals surface area contributed by atoms with Gasteiger partial charge in [0.2, 0.25) is 0 Å². The Kier molecular flexibility index (Phi) is 5.65. The Hall–Kier alpha value is -0.870. The molecule has 3 nitrogen and oxygen atoms in total. The Balaban J connectivity index is 2.54. The summed E-state index contributed by atoms with van der Waals surface area (Å²) in [6.45, 7) is 4.06. The van der Waals surface area contributed by atoms with Crippen molar-refractivity contribution >= 4 is 21.9 Å². The van der Waals surface area contributed by atoms with Crippen molar-refractivity contribution in [1.29, 1.82) is 0 Å². The first-order chi connectivity index (χ1) is 8.02. The highest BCUT2D eigenvalue weighted by molar-refractivity contribution is 9.10. The van der Waals surface area contributed by atoms with Crippen LogP contribution < -0.4 is 5.32 Å². The van der Waals surface area contributed by atoms with Gasteiger partial charge in [0.25, 0.3) is 0 Å². The molecule has 0 spiro atoms. The second-order valence-electron chi connectivity index (χ2n) is 4.12. The van der Waals surface area contributed by atoms with E-state index in [9.17, 15) is 4.79 Å². The minimum atomic E-state index is -0.188. The maximum absolute atomic E-state index is 11.1. The first-order valence-corrected chi connectivity index (χ1v) is 6.40. The lowest BCUT2D eigenvalue weighted by Gasteiger charge is -2.19. The molecular weight excluding hydrogens is 282 g/mol. The predicted octanol–water partition coefficient (Wildman–Crippen LogP) is 3.05. The van der Waals surface area contributed by atoms with Gasteiger partial charge in [-0.15, -0.1) is 0 Å². The molecule has 0 aliphatic carbocycles. The Labute approximate surface area is 111 Å². The molecule has 0 aliphatic heterocycles. The van der Waals surface area contributed by atoms with Crippen molar-refractivity contribution in [2.24, 2.45) is 0 Å². The number of benzene rings is 1. The maximum Gasteiger partial charge on any atom is 0.307 e. The highest BCUT2D eigenvalue weighted by atomic mass is 79.9. The summed E-state index contributed by atoms with van der Waals surface area (Å²) in [7, 11) is 1.41. The van der Waals surface area contributed by atoms with Gasteiger partial charge in [0.15, 0.2) is 0 Å². The van der Waals surface area contributed by atoms with Crippen molar-refractivity contribution in [3.63, 3.8) is 0 Å². The Morgan fingerprint density at radius 2 is 2.18 bits per heavy atom. The number of methoxy groups -OCH3 is 1. The van der Waals surface area contributed by atoms with Gasteiger partial charge in [-0.05, 0) is 31.5 Å². The quantitative estimate of drug-likeness (QED) is 0.849. The lowest BCUT2D eigenvalue weighted by Crippen LogP contribution is -2.31. The lowest BCUT2D eigenvalue weighted by atomic mass is 10.1. The average molecular weight is 300 g/mol. The van der Waals surface area contributed by atoms with Gasteiger partial charge in [-0.1, -0.05) is 28.1 Å². The molecule has 1 aromatic carbocycles. The van der Waals surface area contributed by atoms with E-state index in [0.29, 0.717) is 6.42 Å². The van der Waals surface area contributed by atoms with Crippen LogP contribution in [0.3, 0.4) is 0 Å². The van der Waals surface area contributed by atoms with E-state index in [1.54, 1.807) is 0 Å². The summed E-state index contributed by atoms with van der Waals surface area (Å²) in [6.07, 6.45) is 0.384. The van der Waals surface area contributed by atoms with Crippen LogP contribution in [-0.2, 0) is 9.53 Å². The minimum absolute atomic E-state index is 0.0939. The topological polar surface area (TPSA) is 38.3 Å². The van der Waals surface area contributed by atoms with Crippen LogP contribution in [0.1, 0.15) is 31.9 Å². The smallest absolute Gasteiger partial charge is 0.307 e. The Morgan fingerprint density at radius 1 is 1.47 bits per heavy atom. The van der Waals surface area contributed by atoms with Crippen LogP contribution in [0.4, 0.5) is 0 Å². The van der Waals surface area contributed by atoms with E-state index in [1.165, 1.54) is 12.7 Å². The third-order valence-electron chi connectivity index (χ3n) is 2.58. The molecule has 0 aliphatic rings. The zero-order valence-corrected chi connectivity index (χ0v) is 12.0. The second kappa shape index (κ2) is 6.77. The molecule has 0 fully saturated rings. The molecule has 0 bridgehead atoms. The normalized spacial score (nSPS) is 14.1. The number of carbonyl (C=O) groups excluding carboxylic acids is 1. The van der Waals surface area contributed by atoms with E-state index in [1.807, 2.05) is 19.1 Å². The standard InChI is InChI=1S/C13H18BrNO2/c1-9(7-13(16)17-3)15-10(2)11-5-4-6-12(14)8-11/h4-6,8-10,15H,7H2,1-3H3. The van der Waals surface area contributed by atoms with Crippen LogP contribution in [0.25, 0.3) is 0 Å². The average Bonchev–Trinajstić information content (AvgIpc) is 2.28. The van der Waals surface area contributed by atoms with Gasteiger partial charge in [-0.2, -0.15) is 0 Å². The third kappa shape index (κ3) is 4.88. The molecule has 0 saturated heterocycles. The van der Waals surface area contributed by atoms with Gasteiger partial charge in [0, 0.05) is 16.6 Å². The van der Waals surface area contributed by atoms with Crippen LogP contribution in [0.2, 0.25) is 0 Å². The summed E-state index contributed by atoms with van der Waals surface area (Å²) in [5.74, 6) is -0.188. The SMILES string of the molecule is COC(=O)CC(C)NC(C)c1cccc(Br)c1. The van der Waals surface area contributed by atoms with Crippen molar-refractivity contribution in [3.05, 3.63) is 34.3 Å². The number of nitrogens with one attached hydrogen (secondary N) is 1. The van der Waals surface area contributed by atoms with Gasteiger partial charge in [-0.3, -0.25) is 4.79 Å². The Bertz CT molecular complexity index is 381. The molecule has 2 atom stereocenters. The van der Waals surface area contributed by atoms with Crippen LogP contribution in [0.15, 0.2) is 28.7 Å². The van der Waals surface area contributed by atoms with Gasteiger partial charge in [0.1, 0.15) is 0 Å². The number of hydrogen-bond donors (Lipinski definition) is 1. The molecule has 0 aromatic heterocycles. The molecular formula is C13H18BrNO2. The maximum atomic E-state index is 11.1. The van der Waals surface area contributed by atoms with Gasteiger partial charge < -0.3 is 10.1 Å². The molecule has 0 amide bonds. The molecule has 94 valence electrons. The van der Waals surface area contributed by atoms with E-state index >= 15 is 0 Å². The van der Waals surface area contributed by atoms with Crippen molar-refractivity contribution < 1.29 is 9.53 Å². The van der Waals surface area contributed by atoms with Crippen LogP contribution in [0, 0.1) is 0 Å². The lowest BCUT2D eigenvalue weighted by molar-refractivity contribution is -0.141. The monoisotopic (exact) mass is 299 g/mol. The van der Waals surface area contributed by atoms with E-state index in [4.69, 9.17) is 0 Å². The fraction of sp³-hybridized carbons (Fsp3) is 0.462. The van der Waals surface area contributed by atoms with Crippen molar-refractivity contribution in [1.82, 2.24) is 5.32 Å². The number of halogens is 1. The zero-order valence-electron chi connectivity index (χ0n) is 10.4. The molecule has 1 aromatic rings. The van der Waals surface area contributed by atoms with Crippen molar-refractivity contribution in [2.45, 2.75) is 32.4 Å². The summed E-state index contributed by atoms with van der Waals surface area (Å²) in [5, 5.41) is 3.37. The summed E-state index contributed by atoms with van der Waals surface area (Å²) >= 11 is 3.45. The first kappa shape index (κ1) is 14.2. The molecule has 4 heteroatoms. The molecule has 0 radical (unpaired) electrons. The van der Waals surface area contributed by atoms with Crippen LogP contribution in [0.5, 0.6) is 0 Å². The molecule has 2 unspecified atom stereocenters. The van der Waals surface area contributed by atoms with Gasteiger partial charge >= 0.3 is 5.97 Å². The summed E-state index contributed by atoms with van der Waals surface area (Å²) in [5.41, 5.74) is 1.19. The minimum Gasteiger partial charge on any atom is -0.469 e. The largest absolute Gasteiger partial charge is 0.469 e. The highest BCUT2D eigenvalue weighted by Gasteiger charge is 2.13. The fourth-order valence-electron chi connectivity index (χ4n) is 1.69. The fourth-order valence-corrected chi connectivity index (χ4v) is 2.11. The van der Waals surface area contributed by atoms with E-state index in [-0.39, 0.29) is 18.1 Å². The van der Waals surface area contributed by atoms with Crippen LogP contribution in [-0.4, -0.2) is 19.1 Å². The number of rotatable bonds is 5. The second-order valence-corrected chi connectivity index (χ2v) is 5.04. The zero-order chi connectivity index (χ0) is 12.8.